The molecule has 0 atom stereocenters. The first-order valence-electron chi connectivity index (χ1n) is 11.6. The van der Waals surface area contributed by atoms with Crippen molar-refractivity contribution in [3.63, 3.8) is 0 Å². The largest absolute Gasteiger partial charge is 0.476 e. The quantitative estimate of drug-likeness (QED) is 0.406. The summed E-state index contributed by atoms with van der Waals surface area (Å²) >= 11 is 0. The van der Waals surface area contributed by atoms with E-state index in [0.717, 1.165) is 44.9 Å². The fourth-order valence-corrected chi connectivity index (χ4v) is 4.12. The lowest BCUT2D eigenvalue weighted by molar-refractivity contribution is 0.188. The molecule has 1 aliphatic rings. The number of anilines is 2. The second-order valence-corrected chi connectivity index (χ2v) is 8.44. The Bertz CT molecular complexity index is 1420. The molecule has 0 saturated carbocycles. The Morgan fingerprint density at radius 2 is 1.86 bits per heavy atom. The number of ether oxygens (including phenoxy) is 1. The average molecular weight is 494 g/mol. The van der Waals surface area contributed by atoms with Gasteiger partial charge < -0.3 is 15.4 Å². The third-order valence-electron chi connectivity index (χ3n) is 6.04. The van der Waals surface area contributed by atoms with E-state index in [-0.39, 0.29) is 17.1 Å². The molecule has 186 valence electrons. The SMILES string of the molecule is Cn1c(=O)c(-c2c(F)cccc2F)cc2cnc(Nc3ccc(OCCN4CCNCC4)nc3)nc21. The van der Waals surface area contributed by atoms with Crippen LogP contribution in [0.4, 0.5) is 20.4 Å². The highest BCUT2D eigenvalue weighted by Gasteiger charge is 2.18. The Labute approximate surface area is 205 Å². The van der Waals surface area contributed by atoms with Crippen molar-refractivity contribution in [1.29, 1.82) is 0 Å². The van der Waals surface area contributed by atoms with Crippen LogP contribution in [0.25, 0.3) is 22.2 Å². The van der Waals surface area contributed by atoms with E-state index in [1.165, 1.54) is 29.9 Å². The van der Waals surface area contributed by atoms with E-state index in [4.69, 9.17) is 4.74 Å². The van der Waals surface area contributed by atoms with Crippen LogP contribution in [-0.4, -0.2) is 63.7 Å². The number of fused-ring (bicyclic) bond motifs is 1. The van der Waals surface area contributed by atoms with E-state index in [1.54, 1.807) is 18.3 Å². The van der Waals surface area contributed by atoms with Gasteiger partial charge in [-0.2, -0.15) is 4.98 Å². The second kappa shape index (κ2) is 10.3. The van der Waals surface area contributed by atoms with Gasteiger partial charge >= 0.3 is 0 Å². The van der Waals surface area contributed by atoms with E-state index in [2.05, 4.69) is 30.5 Å². The Morgan fingerprint density at radius 1 is 1.08 bits per heavy atom. The molecule has 0 radical (unpaired) electrons. The number of nitrogens with zero attached hydrogens (tertiary/aromatic N) is 5. The van der Waals surface area contributed by atoms with Crippen molar-refractivity contribution in [2.75, 3.05) is 44.6 Å². The maximum Gasteiger partial charge on any atom is 0.260 e. The van der Waals surface area contributed by atoms with Gasteiger partial charge in [0.15, 0.2) is 0 Å². The standard InChI is InChI=1S/C25H25F2N7O2/c1-33-23-16(13-18(24(33)35)22-19(26)3-2-4-20(22)27)14-30-25(32-23)31-17-5-6-21(29-15-17)36-12-11-34-9-7-28-8-10-34/h2-6,13-15,28H,7-12H2,1H3,(H,30,31,32). The van der Waals surface area contributed by atoms with Crippen LogP contribution in [0.15, 0.2) is 53.6 Å². The highest BCUT2D eigenvalue weighted by Crippen LogP contribution is 2.26. The molecule has 0 unspecified atom stereocenters. The van der Waals surface area contributed by atoms with Crippen LogP contribution >= 0.6 is 0 Å². The third-order valence-corrected chi connectivity index (χ3v) is 6.04. The van der Waals surface area contributed by atoms with Crippen molar-refractivity contribution in [2.45, 2.75) is 0 Å². The van der Waals surface area contributed by atoms with Crippen LogP contribution in [0.5, 0.6) is 5.88 Å². The van der Waals surface area contributed by atoms with Crippen molar-refractivity contribution in [3.05, 3.63) is 70.8 Å². The first kappa shape index (κ1) is 23.8. The van der Waals surface area contributed by atoms with Crippen LogP contribution in [-0.2, 0) is 7.05 Å². The van der Waals surface area contributed by atoms with Crippen LogP contribution in [0.1, 0.15) is 0 Å². The maximum atomic E-state index is 14.3. The molecule has 36 heavy (non-hydrogen) atoms. The van der Waals surface area contributed by atoms with Crippen molar-refractivity contribution in [3.8, 4) is 17.0 Å². The normalized spacial score (nSPS) is 14.2. The van der Waals surface area contributed by atoms with Gasteiger partial charge in [0, 0.05) is 57.4 Å². The molecule has 1 aliphatic heterocycles. The Morgan fingerprint density at radius 3 is 2.58 bits per heavy atom. The van der Waals surface area contributed by atoms with Gasteiger partial charge in [0.05, 0.1) is 23.0 Å². The summed E-state index contributed by atoms with van der Waals surface area (Å²) in [6.07, 6.45) is 3.10. The number of nitrogens with one attached hydrogen (secondary N) is 2. The lowest BCUT2D eigenvalue weighted by atomic mass is 10.0. The summed E-state index contributed by atoms with van der Waals surface area (Å²) in [5, 5.41) is 6.84. The minimum Gasteiger partial charge on any atom is -0.476 e. The number of halogens is 2. The van der Waals surface area contributed by atoms with Crippen molar-refractivity contribution in [2.24, 2.45) is 7.05 Å². The molecular formula is C25H25F2N7O2. The molecule has 1 aromatic carbocycles. The number of piperazine rings is 1. The maximum absolute atomic E-state index is 14.3. The zero-order valence-corrected chi connectivity index (χ0v) is 19.7. The molecule has 2 N–H and O–H groups in total. The number of aromatic nitrogens is 4. The number of hydrogen-bond donors (Lipinski definition) is 2. The molecule has 9 nitrogen and oxygen atoms in total. The molecular weight excluding hydrogens is 468 g/mol. The Kier molecular flexibility index (Phi) is 6.83. The number of rotatable bonds is 7. The fraction of sp³-hybridized carbons (Fsp3) is 0.280. The summed E-state index contributed by atoms with van der Waals surface area (Å²) in [5.74, 6) is -0.856. The summed E-state index contributed by atoms with van der Waals surface area (Å²) in [6.45, 7) is 5.42. The summed E-state index contributed by atoms with van der Waals surface area (Å²) in [7, 11) is 1.50. The van der Waals surface area contributed by atoms with E-state index in [0.29, 0.717) is 29.2 Å². The second-order valence-electron chi connectivity index (χ2n) is 8.44. The molecule has 0 amide bonds. The minimum atomic E-state index is -0.811. The molecule has 0 aliphatic carbocycles. The number of aryl methyl sites for hydroxylation is 1. The van der Waals surface area contributed by atoms with Gasteiger partial charge in [0.2, 0.25) is 11.8 Å². The molecule has 3 aromatic heterocycles. The molecule has 5 rings (SSSR count). The zero-order chi connectivity index (χ0) is 25.1. The predicted molar refractivity (Wildman–Crippen MR) is 132 cm³/mol. The van der Waals surface area contributed by atoms with E-state index >= 15 is 0 Å². The van der Waals surface area contributed by atoms with Crippen LogP contribution in [0, 0.1) is 11.6 Å². The first-order chi connectivity index (χ1) is 17.5. The highest BCUT2D eigenvalue weighted by molar-refractivity contribution is 5.82. The Balaban J connectivity index is 1.30. The monoisotopic (exact) mass is 493 g/mol. The predicted octanol–water partition coefficient (Wildman–Crippen LogP) is 2.70. The fourth-order valence-electron chi connectivity index (χ4n) is 4.12. The summed E-state index contributed by atoms with van der Waals surface area (Å²) in [6, 6.07) is 8.43. The lowest BCUT2D eigenvalue weighted by Gasteiger charge is -2.26. The molecule has 1 saturated heterocycles. The molecule has 11 heteroatoms. The van der Waals surface area contributed by atoms with Crippen LogP contribution < -0.4 is 20.9 Å². The van der Waals surface area contributed by atoms with E-state index in [9.17, 15) is 13.6 Å². The molecule has 4 heterocycles. The topological polar surface area (TPSA) is 97.2 Å². The average Bonchev–Trinajstić information content (AvgIpc) is 2.89. The molecule has 0 bridgehead atoms. The summed E-state index contributed by atoms with van der Waals surface area (Å²) in [5.41, 5.74) is -0.0806. The van der Waals surface area contributed by atoms with Gasteiger partial charge in [-0.1, -0.05) is 6.07 Å². The number of pyridine rings is 2. The number of benzene rings is 1. The smallest absolute Gasteiger partial charge is 0.260 e. The van der Waals surface area contributed by atoms with Crippen LogP contribution in [0.2, 0.25) is 0 Å². The van der Waals surface area contributed by atoms with Crippen LogP contribution in [0.3, 0.4) is 0 Å². The van der Waals surface area contributed by atoms with Crippen molar-refractivity contribution >= 4 is 22.7 Å². The van der Waals surface area contributed by atoms with E-state index < -0.39 is 17.2 Å². The van der Waals surface area contributed by atoms with Crippen molar-refractivity contribution in [1.82, 2.24) is 29.7 Å². The van der Waals surface area contributed by atoms with Gasteiger partial charge in [-0.15, -0.1) is 0 Å². The van der Waals surface area contributed by atoms with Gasteiger partial charge in [0.25, 0.3) is 5.56 Å². The van der Waals surface area contributed by atoms with Crippen molar-refractivity contribution < 1.29 is 13.5 Å². The number of hydrogen-bond acceptors (Lipinski definition) is 8. The molecule has 0 spiro atoms. The van der Waals surface area contributed by atoms with Gasteiger partial charge in [-0.25, -0.2) is 18.7 Å². The zero-order valence-electron chi connectivity index (χ0n) is 19.7. The molecule has 4 aromatic rings. The minimum absolute atomic E-state index is 0.0957. The highest BCUT2D eigenvalue weighted by atomic mass is 19.1. The lowest BCUT2D eigenvalue weighted by Crippen LogP contribution is -2.44. The first-order valence-corrected chi connectivity index (χ1v) is 11.6. The van der Waals surface area contributed by atoms with E-state index in [1.807, 2.05) is 0 Å². The molecule has 1 fully saturated rings. The van der Waals surface area contributed by atoms with Gasteiger partial charge in [0.1, 0.15) is 23.9 Å². The summed E-state index contributed by atoms with van der Waals surface area (Å²) < 4.78 is 35.6. The Hall–Kier alpha value is -3.96. The van der Waals surface area contributed by atoms with Gasteiger partial charge in [-0.3, -0.25) is 14.3 Å². The van der Waals surface area contributed by atoms with Gasteiger partial charge in [-0.05, 0) is 24.3 Å². The summed E-state index contributed by atoms with van der Waals surface area (Å²) in [4.78, 5) is 28.3. The third kappa shape index (κ3) is 5.02.